The van der Waals surface area contributed by atoms with Crippen molar-refractivity contribution >= 4 is 7.82 Å². The maximum absolute atomic E-state index is 14.0. The molecule has 0 saturated carbocycles. The summed E-state index contributed by atoms with van der Waals surface area (Å²) < 4.78 is 40.0. The summed E-state index contributed by atoms with van der Waals surface area (Å²) in [6, 6.07) is 0. The highest BCUT2D eigenvalue weighted by atomic mass is 31.2. The summed E-state index contributed by atoms with van der Waals surface area (Å²) in [6.07, 6.45) is 26.5. The zero-order valence-electron chi connectivity index (χ0n) is 45.0. The lowest BCUT2D eigenvalue weighted by Crippen LogP contribution is -2.37. The van der Waals surface area contributed by atoms with Crippen LogP contribution in [0.3, 0.4) is 0 Å². The van der Waals surface area contributed by atoms with Crippen LogP contribution in [0.2, 0.25) is 0 Å². The Morgan fingerprint density at radius 2 is 0.769 bits per heavy atom. The van der Waals surface area contributed by atoms with E-state index in [4.69, 9.17) is 18.5 Å². The van der Waals surface area contributed by atoms with Crippen LogP contribution in [-0.4, -0.2) is 16.1 Å². The molecule has 0 saturated heterocycles. The smallest absolute Gasteiger partial charge is 0.487 e. The maximum Gasteiger partial charge on any atom is 0.584 e. The van der Waals surface area contributed by atoms with Crippen molar-refractivity contribution in [3.05, 3.63) is 44.5 Å². The van der Waals surface area contributed by atoms with Crippen molar-refractivity contribution in [2.24, 2.45) is 35.5 Å². The summed E-state index contributed by atoms with van der Waals surface area (Å²) in [5.41, 5.74) is 6.94. The zero-order valence-corrected chi connectivity index (χ0v) is 45.9. The lowest BCUT2D eigenvalue weighted by Gasteiger charge is -2.39. The minimum Gasteiger partial charge on any atom is -0.487 e. The summed E-state index contributed by atoms with van der Waals surface area (Å²) in [4.78, 5) is 11.5. The van der Waals surface area contributed by atoms with E-state index in [0.717, 1.165) is 143 Å². The van der Waals surface area contributed by atoms with Crippen molar-refractivity contribution in [3.8, 4) is 23.0 Å². The molecule has 2 heterocycles. The fraction of sp³-hybridized carbons (Fsp3) is 0.793. The molecule has 6 atom stereocenters. The normalized spacial score (nSPS) is 21.2. The molecule has 2 aliphatic rings. The fourth-order valence-electron chi connectivity index (χ4n) is 11.0. The highest BCUT2D eigenvalue weighted by Crippen LogP contribution is 2.54. The first-order valence-electron chi connectivity index (χ1n) is 26.8. The largest absolute Gasteiger partial charge is 0.584 e. The number of phosphoric acid groups is 1. The van der Waals surface area contributed by atoms with Crippen molar-refractivity contribution in [1.82, 2.24) is 0 Å². The van der Waals surface area contributed by atoms with E-state index >= 15 is 0 Å². The Labute approximate surface area is 400 Å². The Kier molecular flexibility index (Phi) is 21.2. The summed E-state index contributed by atoms with van der Waals surface area (Å²) in [5, 5.41) is 0. The Morgan fingerprint density at radius 1 is 0.477 bits per heavy atom. The van der Waals surface area contributed by atoms with Gasteiger partial charge in [0.05, 0.1) is 0 Å². The van der Waals surface area contributed by atoms with Gasteiger partial charge in [0.1, 0.15) is 34.2 Å². The zero-order chi connectivity index (χ0) is 48.3. The molecule has 0 radical (unpaired) electrons. The molecule has 1 N–H and O–H groups in total. The van der Waals surface area contributed by atoms with Crippen molar-refractivity contribution < 1.29 is 28.0 Å². The third kappa shape index (κ3) is 16.5. The molecule has 0 amide bonds. The third-order valence-electron chi connectivity index (χ3n) is 16.1. The molecule has 2 aromatic rings. The number of ether oxygens (including phenoxy) is 2. The Balaban J connectivity index is 1.32. The van der Waals surface area contributed by atoms with E-state index < -0.39 is 7.82 Å². The molecule has 0 aliphatic carbocycles. The molecule has 4 rings (SSSR count). The second-order valence-electron chi connectivity index (χ2n) is 23.5. The third-order valence-corrected chi connectivity index (χ3v) is 16.9. The molecule has 6 unspecified atom stereocenters. The molecule has 372 valence electrons. The fourth-order valence-corrected chi connectivity index (χ4v) is 12.1. The number of fused-ring (bicyclic) bond motifs is 2. The lowest BCUT2D eigenvalue weighted by molar-refractivity contribution is 0.0509. The van der Waals surface area contributed by atoms with Gasteiger partial charge in [-0.15, -0.1) is 0 Å². The van der Waals surface area contributed by atoms with E-state index in [1.54, 1.807) is 0 Å². The summed E-state index contributed by atoms with van der Waals surface area (Å²) >= 11 is 0. The number of rotatable bonds is 28. The molecule has 65 heavy (non-hydrogen) atoms. The van der Waals surface area contributed by atoms with E-state index in [9.17, 15) is 9.46 Å². The summed E-state index contributed by atoms with van der Waals surface area (Å²) in [6.45, 7) is 35.6. The van der Waals surface area contributed by atoms with Crippen LogP contribution >= 0.6 is 7.82 Å². The van der Waals surface area contributed by atoms with E-state index in [1.807, 2.05) is 27.7 Å². The summed E-state index contributed by atoms with van der Waals surface area (Å²) in [7, 11) is -4.58. The quantitative estimate of drug-likeness (QED) is 0.0857. The number of phosphoric ester groups is 1. The molecule has 0 bridgehead atoms. The van der Waals surface area contributed by atoms with Crippen molar-refractivity contribution in [1.29, 1.82) is 0 Å². The topological polar surface area (TPSA) is 74.2 Å². The van der Waals surface area contributed by atoms with E-state index in [0.29, 0.717) is 11.5 Å². The monoisotopic (exact) mass is 923 g/mol. The van der Waals surface area contributed by atoms with Crippen LogP contribution in [0.1, 0.15) is 242 Å². The van der Waals surface area contributed by atoms with Crippen LogP contribution in [0.15, 0.2) is 0 Å². The van der Waals surface area contributed by atoms with Gasteiger partial charge in [0.2, 0.25) is 0 Å². The van der Waals surface area contributed by atoms with Gasteiger partial charge >= 0.3 is 7.82 Å². The Bertz CT molecular complexity index is 1740. The van der Waals surface area contributed by atoms with Crippen LogP contribution in [0, 0.1) is 77.0 Å². The van der Waals surface area contributed by atoms with Gasteiger partial charge in [0, 0.05) is 11.1 Å². The minimum absolute atomic E-state index is 0.233. The van der Waals surface area contributed by atoms with Gasteiger partial charge in [-0.3, -0.25) is 4.89 Å². The highest BCUT2D eigenvalue weighted by Gasteiger charge is 2.39. The molecule has 2 aromatic carbocycles. The SMILES string of the molecule is Cc1c(C)c2c(c(C)c1OP(=O)(O)Oc1c(C)c(C)c3c(c1C)CCC(C)(CCCC(C)CCCC(C)CCCC(C)C)O3)CCC(C)(CCCC(C)CCCC(C)CCCC(C)C)O2. The standard InChI is InChI=1S/C58H99O6P/c1-39(2)23-17-25-41(5)27-19-29-43(7)31-21-35-57(15)37-33-51-49(13)53(45(9)47(11)55(51)61-57)63-65(59,60)64-54-46(10)48(12)56-52(50(54)14)34-38-58(16,62-56)36-22-32-44(8)30-20-28-42(6)26-18-24-40(3)4/h39-44H,17-38H2,1-16H3,(H,59,60). The maximum atomic E-state index is 14.0. The summed E-state index contributed by atoms with van der Waals surface area (Å²) in [5.74, 6) is 7.43. The molecule has 0 fully saturated rings. The molecule has 0 aromatic heterocycles. The molecule has 0 spiro atoms. The second-order valence-corrected chi connectivity index (χ2v) is 24.8. The van der Waals surface area contributed by atoms with E-state index in [-0.39, 0.29) is 11.2 Å². The molecule has 6 nitrogen and oxygen atoms in total. The molecule has 7 heteroatoms. The van der Waals surface area contributed by atoms with Crippen LogP contribution in [-0.2, 0) is 17.4 Å². The van der Waals surface area contributed by atoms with Crippen LogP contribution in [0.25, 0.3) is 0 Å². The van der Waals surface area contributed by atoms with Gasteiger partial charge in [-0.25, -0.2) is 4.57 Å². The van der Waals surface area contributed by atoms with Gasteiger partial charge in [-0.05, 0) is 176 Å². The average molecular weight is 923 g/mol. The van der Waals surface area contributed by atoms with Crippen molar-refractivity contribution in [3.63, 3.8) is 0 Å². The predicted molar refractivity (Wildman–Crippen MR) is 277 cm³/mol. The van der Waals surface area contributed by atoms with Gasteiger partial charge < -0.3 is 18.5 Å². The first-order chi connectivity index (χ1) is 30.4. The second kappa shape index (κ2) is 24.9. The van der Waals surface area contributed by atoms with Gasteiger partial charge in [-0.1, -0.05) is 145 Å². The van der Waals surface area contributed by atoms with Gasteiger partial charge in [-0.2, -0.15) is 0 Å². The number of hydrogen-bond donors (Lipinski definition) is 1. The Morgan fingerprint density at radius 3 is 1.08 bits per heavy atom. The number of hydrogen-bond acceptors (Lipinski definition) is 5. The van der Waals surface area contributed by atoms with E-state index in [1.165, 1.54) is 89.9 Å². The van der Waals surface area contributed by atoms with Crippen molar-refractivity contribution in [2.45, 2.75) is 263 Å². The number of benzene rings is 2. The predicted octanol–water partition coefficient (Wildman–Crippen LogP) is 18.1. The lowest BCUT2D eigenvalue weighted by atomic mass is 9.84. The highest BCUT2D eigenvalue weighted by molar-refractivity contribution is 7.48. The molecular formula is C58H99O6P. The first kappa shape index (κ1) is 55.4. The van der Waals surface area contributed by atoms with Gasteiger partial charge in [0.25, 0.3) is 0 Å². The van der Waals surface area contributed by atoms with E-state index in [2.05, 4.69) is 83.1 Å². The minimum atomic E-state index is -4.58. The van der Waals surface area contributed by atoms with Crippen LogP contribution in [0.4, 0.5) is 0 Å². The Hall–Kier alpha value is -2.17. The van der Waals surface area contributed by atoms with Crippen molar-refractivity contribution in [2.75, 3.05) is 0 Å². The van der Waals surface area contributed by atoms with Gasteiger partial charge in [0.15, 0.2) is 0 Å². The van der Waals surface area contributed by atoms with Crippen LogP contribution in [0.5, 0.6) is 23.0 Å². The molecule has 2 aliphatic heterocycles. The van der Waals surface area contributed by atoms with Crippen LogP contribution < -0.4 is 18.5 Å². The first-order valence-corrected chi connectivity index (χ1v) is 28.3. The average Bonchev–Trinajstić information content (AvgIpc) is 3.22. The molecular weight excluding hydrogens is 824 g/mol.